The Morgan fingerprint density at radius 3 is 2.32 bits per heavy atom. The van der Waals surface area contributed by atoms with Gasteiger partial charge in [0.15, 0.2) is 0 Å². The minimum absolute atomic E-state index is 0.00269. The molecule has 0 aliphatic rings. The molecule has 0 amide bonds. The molecule has 0 aromatic heterocycles. The van der Waals surface area contributed by atoms with Crippen LogP contribution in [0, 0.1) is 6.92 Å². The van der Waals surface area contributed by atoms with Gasteiger partial charge in [0.2, 0.25) is 0 Å². The van der Waals surface area contributed by atoms with Gasteiger partial charge in [-0.3, -0.25) is 8.98 Å². The Hall–Kier alpha value is -1.44. The summed E-state index contributed by atoms with van der Waals surface area (Å²) in [5.41, 5.74) is 0.123. The first kappa shape index (κ1) is 18.6. The van der Waals surface area contributed by atoms with E-state index in [1.165, 1.54) is 12.1 Å². The van der Waals surface area contributed by atoms with Crippen molar-refractivity contribution in [3.05, 3.63) is 29.8 Å². The fraction of sp³-hybridized carbons (Fsp3) is 0.533. The number of aryl methyl sites for hydroxylation is 1. The van der Waals surface area contributed by atoms with E-state index in [2.05, 4.69) is 0 Å². The third-order valence-corrected chi connectivity index (χ3v) is 4.68. The van der Waals surface area contributed by atoms with E-state index in [1.54, 1.807) is 19.1 Å². The minimum Gasteiger partial charge on any atom is -0.481 e. The molecule has 1 N–H and O–H groups in total. The van der Waals surface area contributed by atoms with Crippen LogP contribution in [0.2, 0.25) is 0 Å². The monoisotopic (exact) mass is 330 g/mol. The van der Waals surface area contributed by atoms with Crippen LogP contribution in [-0.2, 0) is 23.8 Å². The van der Waals surface area contributed by atoms with Gasteiger partial charge >= 0.3 is 5.97 Å². The molecule has 1 aromatic rings. The molecule has 6 nitrogen and oxygen atoms in total. The molecule has 1 atom stereocenters. The highest BCUT2D eigenvalue weighted by Crippen LogP contribution is 2.20. The summed E-state index contributed by atoms with van der Waals surface area (Å²) in [6.07, 6.45) is 0.359. The maximum atomic E-state index is 11.9. The highest BCUT2D eigenvalue weighted by Gasteiger charge is 2.26. The lowest BCUT2D eigenvalue weighted by molar-refractivity contribution is -0.145. The molecule has 0 saturated heterocycles. The van der Waals surface area contributed by atoms with Crippen molar-refractivity contribution >= 4 is 16.1 Å². The number of carboxylic acids is 1. The van der Waals surface area contributed by atoms with Gasteiger partial charge in [-0.25, -0.2) is 0 Å². The first-order valence-corrected chi connectivity index (χ1v) is 8.41. The molecular formula is C15H22O6S. The van der Waals surface area contributed by atoms with E-state index in [9.17, 15) is 13.2 Å². The van der Waals surface area contributed by atoms with E-state index in [1.807, 2.05) is 13.8 Å². The molecule has 0 heterocycles. The third-order valence-electron chi connectivity index (χ3n) is 3.36. The lowest BCUT2D eigenvalue weighted by Gasteiger charge is -2.26. The largest absolute Gasteiger partial charge is 0.481 e. The van der Waals surface area contributed by atoms with E-state index < -0.39 is 21.7 Å². The van der Waals surface area contributed by atoms with Crippen LogP contribution < -0.4 is 0 Å². The van der Waals surface area contributed by atoms with E-state index in [-0.39, 0.29) is 24.5 Å². The van der Waals surface area contributed by atoms with Gasteiger partial charge in [0, 0.05) is 0 Å². The molecule has 0 spiro atoms. The smallest absolute Gasteiger partial charge is 0.306 e. The maximum Gasteiger partial charge on any atom is 0.306 e. The molecule has 0 aliphatic carbocycles. The van der Waals surface area contributed by atoms with Crippen LogP contribution in [0.5, 0.6) is 0 Å². The Morgan fingerprint density at radius 1 is 1.23 bits per heavy atom. The van der Waals surface area contributed by atoms with Crippen molar-refractivity contribution in [3.63, 3.8) is 0 Å². The Morgan fingerprint density at radius 2 is 1.82 bits per heavy atom. The van der Waals surface area contributed by atoms with Crippen molar-refractivity contribution in [2.24, 2.45) is 0 Å². The molecule has 1 unspecified atom stereocenters. The predicted octanol–water partition coefficient (Wildman–Crippen LogP) is 2.36. The number of hydrogen-bond acceptors (Lipinski definition) is 5. The van der Waals surface area contributed by atoms with Crippen LogP contribution >= 0.6 is 0 Å². The first-order chi connectivity index (χ1) is 10.2. The standard InChI is InChI=1S/C15H22O6S/c1-4-15(3,11-14(16)17)20-9-10-21-22(18,19)13-7-5-12(2)6-8-13/h5-8H,4,9-11H2,1-3H3,(H,16,17). The topological polar surface area (TPSA) is 89.9 Å². The summed E-state index contributed by atoms with van der Waals surface area (Å²) in [7, 11) is -3.82. The summed E-state index contributed by atoms with van der Waals surface area (Å²) in [5, 5.41) is 8.83. The summed E-state index contributed by atoms with van der Waals surface area (Å²) >= 11 is 0. The number of ether oxygens (including phenoxy) is 1. The van der Waals surface area contributed by atoms with Gasteiger partial charge < -0.3 is 9.84 Å². The van der Waals surface area contributed by atoms with Crippen molar-refractivity contribution in [2.45, 2.75) is 44.1 Å². The number of carbonyl (C=O) groups is 1. The van der Waals surface area contributed by atoms with Crippen LogP contribution in [0.3, 0.4) is 0 Å². The Labute approximate surface area is 131 Å². The summed E-state index contributed by atoms with van der Waals surface area (Å²) in [5.74, 6) is -0.961. The van der Waals surface area contributed by atoms with Crippen molar-refractivity contribution in [3.8, 4) is 0 Å². The SMILES string of the molecule is CCC(C)(CC(=O)O)OCCOS(=O)(=O)c1ccc(C)cc1. The number of hydrogen-bond donors (Lipinski definition) is 1. The molecule has 7 heteroatoms. The Bertz CT molecular complexity index is 593. The second kappa shape index (κ2) is 7.71. The van der Waals surface area contributed by atoms with Gasteiger partial charge in [-0.2, -0.15) is 8.42 Å². The minimum atomic E-state index is -3.82. The average molecular weight is 330 g/mol. The van der Waals surface area contributed by atoms with Gasteiger partial charge in [0.1, 0.15) is 0 Å². The van der Waals surface area contributed by atoms with E-state index in [0.29, 0.717) is 6.42 Å². The fourth-order valence-electron chi connectivity index (χ4n) is 1.80. The van der Waals surface area contributed by atoms with Crippen LogP contribution in [0.15, 0.2) is 29.2 Å². The molecule has 0 bridgehead atoms. The van der Waals surface area contributed by atoms with Gasteiger partial charge in [-0.05, 0) is 32.4 Å². The molecule has 0 radical (unpaired) electrons. The van der Waals surface area contributed by atoms with E-state index in [4.69, 9.17) is 14.0 Å². The highest BCUT2D eigenvalue weighted by molar-refractivity contribution is 7.86. The van der Waals surface area contributed by atoms with Gasteiger partial charge in [0.25, 0.3) is 10.1 Å². The Balaban J connectivity index is 2.52. The third kappa shape index (κ3) is 5.75. The number of aliphatic carboxylic acids is 1. The van der Waals surface area contributed by atoms with Crippen molar-refractivity contribution in [1.29, 1.82) is 0 Å². The van der Waals surface area contributed by atoms with Crippen LogP contribution in [-0.4, -0.2) is 38.3 Å². The summed E-state index contributed by atoms with van der Waals surface area (Å²) in [6.45, 7) is 5.19. The number of benzene rings is 1. The average Bonchev–Trinajstić information content (AvgIpc) is 2.43. The second-order valence-corrected chi connectivity index (χ2v) is 6.93. The molecule has 0 saturated carbocycles. The second-order valence-electron chi connectivity index (χ2n) is 5.31. The summed E-state index contributed by atoms with van der Waals surface area (Å²) in [6, 6.07) is 6.33. The maximum absolute atomic E-state index is 11.9. The van der Waals surface area contributed by atoms with Crippen molar-refractivity contribution < 1.29 is 27.2 Å². The van der Waals surface area contributed by atoms with Gasteiger partial charge in [0.05, 0.1) is 30.1 Å². The zero-order valence-corrected chi connectivity index (χ0v) is 13.9. The lowest BCUT2D eigenvalue weighted by atomic mass is 9.99. The van der Waals surface area contributed by atoms with Crippen molar-refractivity contribution in [1.82, 2.24) is 0 Å². The highest BCUT2D eigenvalue weighted by atomic mass is 32.2. The van der Waals surface area contributed by atoms with Crippen LogP contribution in [0.4, 0.5) is 0 Å². The molecule has 22 heavy (non-hydrogen) atoms. The molecule has 124 valence electrons. The normalized spacial score (nSPS) is 14.5. The molecule has 1 rings (SSSR count). The lowest BCUT2D eigenvalue weighted by Crippen LogP contribution is -2.32. The molecular weight excluding hydrogens is 308 g/mol. The molecule has 0 fully saturated rings. The summed E-state index contributed by atoms with van der Waals surface area (Å²) in [4.78, 5) is 10.9. The van der Waals surface area contributed by atoms with Gasteiger partial charge in [-0.1, -0.05) is 24.6 Å². The van der Waals surface area contributed by atoms with Crippen LogP contribution in [0.25, 0.3) is 0 Å². The van der Waals surface area contributed by atoms with Crippen LogP contribution in [0.1, 0.15) is 32.3 Å². The number of carboxylic acid groups (broad SMARTS) is 1. The first-order valence-electron chi connectivity index (χ1n) is 7.00. The zero-order chi connectivity index (χ0) is 16.8. The fourth-order valence-corrected chi connectivity index (χ4v) is 2.70. The quantitative estimate of drug-likeness (QED) is 0.552. The summed E-state index contributed by atoms with van der Waals surface area (Å²) < 4.78 is 34.3. The predicted molar refractivity (Wildman–Crippen MR) is 81.2 cm³/mol. The molecule has 1 aromatic carbocycles. The van der Waals surface area contributed by atoms with E-state index >= 15 is 0 Å². The van der Waals surface area contributed by atoms with Gasteiger partial charge in [-0.15, -0.1) is 0 Å². The number of rotatable bonds is 9. The zero-order valence-electron chi connectivity index (χ0n) is 13.0. The van der Waals surface area contributed by atoms with Crippen molar-refractivity contribution in [2.75, 3.05) is 13.2 Å². The van der Waals surface area contributed by atoms with E-state index in [0.717, 1.165) is 5.56 Å². The molecule has 0 aliphatic heterocycles. The Kier molecular flexibility index (Phi) is 6.52.